The van der Waals surface area contributed by atoms with Crippen LogP contribution in [-0.4, -0.2) is 38.0 Å². The lowest BCUT2D eigenvalue weighted by molar-refractivity contribution is -0.132. The molecule has 0 unspecified atom stereocenters. The van der Waals surface area contributed by atoms with E-state index in [-0.39, 0.29) is 11.8 Å². The van der Waals surface area contributed by atoms with Gasteiger partial charge in [0.1, 0.15) is 23.7 Å². The zero-order chi connectivity index (χ0) is 20.2. The lowest BCUT2D eigenvalue weighted by atomic mass is 10.0. The summed E-state index contributed by atoms with van der Waals surface area (Å²) in [5.41, 5.74) is 1.98. The highest BCUT2D eigenvalue weighted by Crippen LogP contribution is 2.37. The third kappa shape index (κ3) is 4.02. The van der Waals surface area contributed by atoms with Crippen LogP contribution >= 0.6 is 11.3 Å². The molecule has 3 aromatic rings. The van der Waals surface area contributed by atoms with E-state index in [0.717, 1.165) is 10.4 Å². The zero-order valence-corrected chi connectivity index (χ0v) is 16.4. The second-order valence-electron chi connectivity index (χ2n) is 6.65. The van der Waals surface area contributed by atoms with Gasteiger partial charge in [0, 0.05) is 30.0 Å². The summed E-state index contributed by atoms with van der Waals surface area (Å²) in [6.07, 6.45) is 4.14. The summed E-state index contributed by atoms with van der Waals surface area (Å²) in [6, 6.07) is 11.1. The molecule has 1 aliphatic rings. The Bertz CT molecular complexity index is 1070. The molecule has 0 saturated heterocycles. The van der Waals surface area contributed by atoms with Gasteiger partial charge in [0.05, 0.1) is 12.1 Å². The van der Waals surface area contributed by atoms with Gasteiger partial charge in [-0.2, -0.15) is 5.26 Å². The molecule has 1 N–H and O–H groups in total. The minimum absolute atomic E-state index is 0.0473. The van der Waals surface area contributed by atoms with Crippen molar-refractivity contribution in [2.24, 2.45) is 0 Å². The summed E-state index contributed by atoms with van der Waals surface area (Å²) in [6.45, 7) is 1.55. The number of thiophene rings is 1. The predicted octanol–water partition coefficient (Wildman–Crippen LogP) is 2.44. The SMILES string of the molecule is N#Cc1c(NC(=O)c2ccccc2)sc2c1CCN(C(=O)CCn1cnnc1)C2. The van der Waals surface area contributed by atoms with E-state index in [4.69, 9.17) is 0 Å². The number of carbonyl (C=O) groups is 2. The second-order valence-corrected chi connectivity index (χ2v) is 7.76. The molecule has 146 valence electrons. The first-order valence-electron chi connectivity index (χ1n) is 9.17. The maximum Gasteiger partial charge on any atom is 0.256 e. The molecule has 29 heavy (non-hydrogen) atoms. The van der Waals surface area contributed by atoms with Crippen molar-refractivity contribution in [2.45, 2.75) is 25.9 Å². The van der Waals surface area contributed by atoms with Crippen molar-refractivity contribution in [2.75, 3.05) is 11.9 Å². The van der Waals surface area contributed by atoms with Crippen molar-refractivity contribution in [1.29, 1.82) is 5.26 Å². The van der Waals surface area contributed by atoms with E-state index in [1.807, 2.05) is 6.07 Å². The van der Waals surface area contributed by atoms with E-state index < -0.39 is 0 Å². The summed E-state index contributed by atoms with van der Waals surface area (Å²) in [5.74, 6) is -0.200. The van der Waals surface area contributed by atoms with Crippen molar-refractivity contribution in [3.8, 4) is 6.07 Å². The zero-order valence-electron chi connectivity index (χ0n) is 15.5. The molecule has 0 atom stereocenters. The summed E-state index contributed by atoms with van der Waals surface area (Å²) in [4.78, 5) is 27.8. The van der Waals surface area contributed by atoms with E-state index in [0.29, 0.717) is 48.6 Å². The Kier molecular flexibility index (Phi) is 5.35. The molecular weight excluding hydrogens is 388 g/mol. The fourth-order valence-corrected chi connectivity index (χ4v) is 4.52. The average Bonchev–Trinajstić information content (AvgIpc) is 3.39. The van der Waals surface area contributed by atoms with Crippen LogP contribution in [0, 0.1) is 11.3 Å². The minimum Gasteiger partial charge on any atom is -0.337 e. The molecule has 2 aromatic heterocycles. The van der Waals surface area contributed by atoms with Gasteiger partial charge in [-0.15, -0.1) is 21.5 Å². The van der Waals surface area contributed by atoms with Gasteiger partial charge in [-0.1, -0.05) is 18.2 Å². The van der Waals surface area contributed by atoms with Gasteiger partial charge in [-0.3, -0.25) is 9.59 Å². The fraction of sp³-hybridized carbons (Fsp3) is 0.250. The van der Waals surface area contributed by atoms with Crippen molar-refractivity contribution in [1.82, 2.24) is 19.7 Å². The molecule has 1 aliphatic heterocycles. The summed E-state index contributed by atoms with van der Waals surface area (Å²) in [5, 5.41) is 20.5. The first-order valence-corrected chi connectivity index (χ1v) is 9.98. The highest BCUT2D eigenvalue weighted by molar-refractivity contribution is 7.16. The number of carbonyl (C=O) groups excluding carboxylic acids is 2. The van der Waals surface area contributed by atoms with Gasteiger partial charge in [0.2, 0.25) is 5.91 Å². The number of aromatic nitrogens is 3. The van der Waals surface area contributed by atoms with Gasteiger partial charge in [0.15, 0.2) is 0 Å². The third-order valence-corrected chi connectivity index (χ3v) is 5.97. The average molecular weight is 406 g/mol. The van der Waals surface area contributed by atoms with E-state index in [1.54, 1.807) is 46.4 Å². The van der Waals surface area contributed by atoms with Crippen LogP contribution in [0.2, 0.25) is 0 Å². The van der Waals surface area contributed by atoms with E-state index in [1.165, 1.54) is 11.3 Å². The van der Waals surface area contributed by atoms with Crippen LogP contribution in [0.1, 0.15) is 32.8 Å². The molecule has 0 radical (unpaired) electrons. The Balaban J connectivity index is 1.46. The molecule has 9 heteroatoms. The molecule has 3 heterocycles. The number of nitriles is 1. The highest BCUT2D eigenvalue weighted by Gasteiger charge is 2.27. The predicted molar refractivity (Wildman–Crippen MR) is 107 cm³/mol. The van der Waals surface area contributed by atoms with Crippen LogP contribution in [0.25, 0.3) is 0 Å². The Labute approximate surface area is 171 Å². The molecule has 0 bridgehead atoms. The molecule has 0 fully saturated rings. The number of anilines is 1. The molecule has 1 aromatic carbocycles. The van der Waals surface area contributed by atoms with Gasteiger partial charge in [0.25, 0.3) is 5.91 Å². The van der Waals surface area contributed by atoms with Crippen molar-refractivity contribution >= 4 is 28.2 Å². The van der Waals surface area contributed by atoms with Crippen molar-refractivity contribution in [3.05, 3.63) is 64.6 Å². The van der Waals surface area contributed by atoms with Crippen LogP contribution in [0.5, 0.6) is 0 Å². The lowest BCUT2D eigenvalue weighted by Crippen LogP contribution is -2.35. The third-order valence-electron chi connectivity index (χ3n) is 4.83. The second kappa shape index (κ2) is 8.24. The molecule has 0 aliphatic carbocycles. The lowest BCUT2D eigenvalue weighted by Gasteiger charge is -2.27. The van der Waals surface area contributed by atoms with Crippen LogP contribution in [0.15, 0.2) is 43.0 Å². The quantitative estimate of drug-likeness (QED) is 0.701. The van der Waals surface area contributed by atoms with E-state index in [2.05, 4.69) is 21.6 Å². The Morgan fingerprint density at radius 2 is 1.97 bits per heavy atom. The Morgan fingerprint density at radius 1 is 1.21 bits per heavy atom. The van der Waals surface area contributed by atoms with Crippen molar-refractivity contribution < 1.29 is 9.59 Å². The first-order chi connectivity index (χ1) is 14.2. The van der Waals surface area contributed by atoms with Crippen LogP contribution in [-0.2, 0) is 24.3 Å². The number of benzene rings is 1. The van der Waals surface area contributed by atoms with Gasteiger partial charge < -0.3 is 14.8 Å². The van der Waals surface area contributed by atoms with E-state index in [9.17, 15) is 14.9 Å². The largest absolute Gasteiger partial charge is 0.337 e. The molecule has 4 rings (SSSR count). The molecule has 2 amide bonds. The summed E-state index contributed by atoms with van der Waals surface area (Å²) < 4.78 is 1.77. The van der Waals surface area contributed by atoms with Gasteiger partial charge in [-0.05, 0) is 24.1 Å². The molecule has 8 nitrogen and oxygen atoms in total. The van der Waals surface area contributed by atoms with Crippen LogP contribution < -0.4 is 5.32 Å². The van der Waals surface area contributed by atoms with Gasteiger partial charge in [-0.25, -0.2) is 0 Å². The molecular formula is C20H18N6O2S. The summed E-state index contributed by atoms with van der Waals surface area (Å²) in [7, 11) is 0. The number of amides is 2. The molecule has 0 spiro atoms. The van der Waals surface area contributed by atoms with Crippen molar-refractivity contribution in [3.63, 3.8) is 0 Å². The standard InChI is InChI=1S/C20H18N6O2S/c21-10-16-15-6-9-26(18(27)7-8-25-12-22-23-13-25)11-17(15)29-20(16)24-19(28)14-4-2-1-3-5-14/h1-5,12-13H,6-9,11H2,(H,24,28). The topological polar surface area (TPSA) is 104 Å². The van der Waals surface area contributed by atoms with E-state index >= 15 is 0 Å². The minimum atomic E-state index is -0.248. The number of hydrogen-bond acceptors (Lipinski definition) is 6. The highest BCUT2D eigenvalue weighted by atomic mass is 32.1. The number of rotatable bonds is 5. The Hall–Kier alpha value is -3.51. The van der Waals surface area contributed by atoms with Crippen LogP contribution in [0.3, 0.4) is 0 Å². The number of aryl methyl sites for hydroxylation is 1. The van der Waals surface area contributed by atoms with Gasteiger partial charge >= 0.3 is 0 Å². The molecule has 0 saturated carbocycles. The number of fused-ring (bicyclic) bond motifs is 1. The van der Waals surface area contributed by atoms with Crippen LogP contribution in [0.4, 0.5) is 5.00 Å². The first kappa shape index (κ1) is 18.8. The normalized spacial score (nSPS) is 12.9. The smallest absolute Gasteiger partial charge is 0.256 e. The Morgan fingerprint density at radius 3 is 2.69 bits per heavy atom. The number of nitrogens with zero attached hydrogens (tertiary/aromatic N) is 5. The summed E-state index contributed by atoms with van der Waals surface area (Å²) >= 11 is 1.37. The maximum absolute atomic E-state index is 12.6. The number of nitrogens with one attached hydrogen (secondary N) is 1. The maximum atomic E-state index is 12.6. The monoisotopic (exact) mass is 406 g/mol. The number of hydrogen-bond donors (Lipinski definition) is 1. The fourth-order valence-electron chi connectivity index (χ4n) is 3.31.